The van der Waals surface area contributed by atoms with Crippen LogP contribution in [0.1, 0.15) is 21.5 Å². The maximum absolute atomic E-state index is 13.4. The number of halogens is 1. The minimum Gasteiger partial charge on any atom is -0.326 e. The van der Waals surface area contributed by atoms with Crippen LogP contribution in [0.15, 0.2) is 42.5 Å². The van der Waals surface area contributed by atoms with Crippen molar-refractivity contribution in [2.45, 2.75) is 13.5 Å². The van der Waals surface area contributed by atoms with E-state index in [4.69, 9.17) is 5.73 Å². The van der Waals surface area contributed by atoms with Crippen LogP contribution in [0.25, 0.3) is 0 Å². The number of amides is 1. The lowest BCUT2D eigenvalue weighted by molar-refractivity contribution is 0.102. The zero-order chi connectivity index (χ0) is 13.8. The molecule has 19 heavy (non-hydrogen) atoms. The van der Waals surface area contributed by atoms with E-state index < -0.39 is 0 Å². The van der Waals surface area contributed by atoms with E-state index in [2.05, 4.69) is 5.32 Å². The number of carbonyl (C=O) groups is 1. The van der Waals surface area contributed by atoms with Crippen LogP contribution in [-0.2, 0) is 6.54 Å². The molecule has 0 saturated carbocycles. The van der Waals surface area contributed by atoms with Crippen LogP contribution in [0.2, 0.25) is 0 Å². The van der Waals surface area contributed by atoms with Gasteiger partial charge in [-0.1, -0.05) is 18.2 Å². The van der Waals surface area contributed by atoms with Crippen LogP contribution in [0.5, 0.6) is 0 Å². The fraction of sp³-hybridized carbons (Fsp3) is 0.133. The summed E-state index contributed by atoms with van der Waals surface area (Å²) >= 11 is 0. The van der Waals surface area contributed by atoms with Gasteiger partial charge in [-0.05, 0) is 36.8 Å². The molecule has 0 atom stereocenters. The third-order valence-electron chi connectivity index (χ3n) is 2.94. The molecular weight excluding hydrogens is 243 g/mol. The molecule has 98 valence electrons. The number of anilines is 1. The molecule has 0 aliphatic rings. The third kappa shape index (κ3) is 2.98. The molecule has 2 rings (SSSR count). The summed E-state index contributed by atoms with van der Waals surface area (Å²) in [4.78, 5) is 12.1. The van der Waals surface area contributed by atoms with Crippen LogP contribution in [-0.4, -0.2) is 5.91 Å². The summed E-state index contributed by atoms with van der Waals surface area (Å²) in [6.45, 7) is 2.00. The molecule has 0 aliphatic heterocycles. The van der Waals surface area contributed by atoms with E-state index in [1.165, 1.54) is 6.07 Å². The molecule has 2 aromatic rings. The topological polar surface area (TPSA) is 55.1 Å². The molecule has 1 amide bonds. The number of nitrogens with two attached hydrogens (primary N) is 1. The predicted molar refractivity (Wildman–Crippen MR) is 73.4 cm³/mol. The highest BCUT2D eigenvalue weighted by Crippen LogP contribution is 2.18. The highest BCUT2D eigenvalue weighted by Gasteiger charge is 2.09. The number of benzene rings is 2. The van der Waals surface area contributed by atoms with Crippen LogP contribution in [0.3, 0.4) is 0 Å². The molecule has 0 bridgehead atoms. The molecule has 3 nitrogen and oxygen atoms in total. The van der Waals surface area contributed by atoms with Crippen LogP contribution in [0.4, 0.5) is 10.1 Å². The lowest BCUT2D eigenvalue weighted by Crippen LogP contribution is -2.13. The van der Waals surface area contributed by atoms with Crippen LogP contribution in [0, 0.1) is 12.7 Å². The van der Waals surface area contributed by atoms with E-state index in [1.54, 1.807) is 37.3 Å². The third-order valence-corrected chi connectivity index (χ3v) is 2.94. The smallest absolute Gasteiger partial charge is 0.255 e. The SMILES string of the molecule is Cc1c(F)cccc1NC(=O)c1cccc(CN)c1. The van der Waals surface area contributed by atoms with E-state index in [1.807, 2.05) is 6.07 Å². The number of hydrogen-bond donors (Lipinski definition) is 2. The Morgan fingerprint density at radius 2 is 2.00 bits per heavy atom. The number of nitrogens with one attached hydrogen (secondary N) is 1. The van der Waals surface area contributed by atoms with Gasteiger partial charge in [0.1, 0.15) is 5.82 Å². The van der Waals surface area contributed by atoms with Crippen molar-refractivity contribution < 1.29 is 9.18 Å². The van der Waals surface area contributed by atoms with Crippen LogP contribution < -0.4 is 11.1 Å². The fourth-order valence-corrected chi connectivity index (χ4v) is 1.78. The molecule has 0 radical (unpaired) electrons. The summed E-state index contributed by atoms with van der Waals surface area (Å²) in [6.07, 6.45) is 0. The minimum absolute atomic E-state index is 0.274. The van der Waals surface area contributed by atoms with E-state index in [0.29, 0.717) is 23.4 Å². The van der Waals surface area contributed by atoms with Crippen LogP contribution >= 0.6 is 0 Å². The molecule has 0 aliphatic carbocycles. The second kappa shape index (κ2) is 5.63. The maximum Gasteiger partial charge on any atom is 0.255 e. The summed E-state index contributed by atoms with van der Waals surface area (Å²) < 4.78 is 13.4. The summed E-state index contributed by atoms with van der Waals surface area (Å²) in [7, 11) is 0. The Hall–Kier alpha value is -2.20. The average molecular weight is 258 g/mol. The maximum atomic E-state index is 13.4. The molecule has 0 aromatic heterocycles. The Kier molecular flexibility index (Phi) is 3.92. The molecule has 2 aromatic carbocycles. The Bertz CT molecular complexity index is 611. The molecular formula is C15H15FN2O. The first kappa shape index (κ1) is 13.2. The monoisotopic (exact) mass is 258 g/mol. The zero-order valence-electron chi connectivity index (χ0n) is 10.6. The molecule has 3 N–H and O–H groups in total. The van der Waals surface area contributed by atoms with Crippen molar-refractivity contribution in [3.05, 3.63) is 65.0 Å². The van der Waals surface area contributed by atoms with Gasteiger partial charge in [0.2, 0.25) is 0 Å². The van der Waals surface area contributed by atoms with Crippen molar-refractivity contribution in [1.82, 2.24) is 0 Å². The first-order chi connectivity index (χ1) is 9.11. The molecule has 0 heterocycles. The number of carbonyl (C=O) groups excluding carboxylic acids is 1. The van der Waals surface area contributed by atoms with E-state index >= 15 is 0 Å². The largest absolute Gasteiger partial charge is 0.326 e. The van der Waals surface area contributed by atoms with E-state index in [-0.39, 0.29) is 11.7 Å². The van der Waals surface area contributed by atoms with Crippen molar-refractivity contribution in [2.24, 2.45) is 5.73 Å². The predicted octanol–water partition coefficient (Wildman–Crippen LogP) is 2.85. The molecule has 0 unspecified atom stereocenters. The Morgan fingerprint density at radius 1 is 1.26 bits per heavy atom. The van der Waals surface area contributed by atoms with Crippen molar-refractivity contribution in [1.29, 1.82) is 0 Å². The van der Waals surface area contributed by atoms with Gasteiger partial charge in [-0.3, -0.25) is 4.79 Å². The minimum atomic E-state index is -0.339. The molecule has 0 saturated heterocycles. The van der Waals surface area contributed by atoms with Crippen molar-refractivity contribution >= 4 is 11.6 Å². The summed E-state index contributed by atoms with van der Waals surface area (Å²) in [5, 5.41) is 2.70. The van der Waals surface area contributed by atoms with Gasteiger partial charge >= 0.3 is 0 Å². The second-order valence-electron chi connectivity index (χ2n) is 4.27. The van der Waals surface area contributed by atoms with Crippen molar-refractivity contribution in [3.8, 4) is 0 Å². The Balaban J connectivity index is 2.23. The highest BCUT2D eigenvalue weighted by atomic mass is 19.1. The van der Waals surface area contributed by atoms with Gasteiger partial charge in [0, 0.05) is 23.4 Å². The normalized spacial score (nSPS) is 10.3. The number of rotatable bonds is 3. The quantitative estimate of drug-likeness (QED) is 0.889. The van der Waals surface area contributed by atoms with Gasteiger partial charge in [0.05, 0.1) is 0 Å². The van der Waals surface area contributed by atoms with Gasteiger partial charge in [-0.25, -0.2) is 4.39 Å². The van der Waals surface area contributed by atoms with Gasteiger partial charge in [0.15, 0.2) is 0 Å². The summed E-state index contributed by atoms with van der Waals surface area (Å²) in [6, 6.07) is 11.6. The molecule has 0 spiro atoms. The molecule has 4 heteroatoms. The Labute approximate surface area is 111 Å². The zero-order valence-corrected chi connectivity index (χ0v) is 10.6. The first-order valence-electron chi connectivity index (χ1n) is 5.97. The van der Waals surface area contributed by atoms with E-state index in [9.17, 15) is 9.18 Å². The van der Waals surface area contributed by atoms with E-state index in [0.717, 1.165) is 5.56 Å². The van der Waals surface area contributed by atoms with Gasteiger partial charge in [-0.15, -0.1) is 0 Å². The Morgan fingerprint density at radius 3 is 2.74 bits per heavy atom. The van der Waals surface area contributed by atoms with Gasteiger partial charge in [-0.2, -0.15) is 0 Å². The first-order valence-corrected chi connectivity index (χ1v) is 5.97. The summed E-state index contributed by atoms with van der Waals surface area (Å²) in [5.74, 6) is -0.613. The van der Waals surface area contributed by atoms with Gasteiger partial charge < -0.3 is 11.1 Å². The average Bonchev–Trinajstić information content (AvgIpc) is 2.44. The second-order valence-corrected chi connectivity index (χ2v) is 4.27. The fourth-order valence-electron chi connectivity index (χ4n) is 1.78. The lowest BCUT2D eigenvalue weighted by atomic mass is 10.1. The van der Waals surface area contributed by atoms with Crippen molar-refractivity contribution in [2.75, 3.05) is 5.32 Å². The summed E-state index contributed by atoms with van der Waals surface area (Å²) in [5.41, 5.74) is 7.82. The van der Waals surface area contributed by atoms with Gasteiger partial charge in [0.25, 0.3) is 5.91 Å². The van der Waals surface area contributed by atoms with Crippen molar-refractivity contribution in [3.63, 3.8) is 0 Å². The molecule has 0 fully saturated rings. The number of hydrogen-bond acceptors (Lipinski definition) is 2. The standard InChI is InChI=1S/C15H15FN2O/c1-10-13(16)6-3-7-14(10)18-15(19)12-5-2-4-11(8-12)9-17/h2-8H,9,17H2,1H3,(H,18,19). The highest BCUT2D eigenvalue weighted by molar-refractivity contribution is 6.04. The lowest BCUT2D eigenvalue weighted by Gasteiger charge is -2.09.